The van der Waals surface area contributed by atoms with Crippen LogP contribution in [-0.2, 0) is 11.3 Å². The number of carbonyl (C=O) groups excluding carboxylic acids is 1. The van der Waals surface area contributed by atoms with Gasteiger partial charge in [-0.1, -0.05) is 19.0 Å². The second-order valence-corrected chi connectivity index (χ2v) is 4.63. The number of carbonyl (C=O) groups is 1. The molecule has 0 radical (unpaired) electrons. The fraction of sp³-hybridized carbons (Fsp3) is 0.667. The Bertz CT molecular complexity index is 360. The standard InChI is InChI=1S/C12H21N3O2/c1-8(2)10(4)14-12(16)7-13-6-11-5-9(3)17-15-11/h5,8,10,13H,6-7H2,1-4H3,(H,14,16). The topological polar surface area (TPSA) is 67.2 Å². The van der Waals surface area contributed by atoms with Gasteiger partial charge in [0.1, 0.15) is 5.76 Å². The summed E-state index contributed by atoms with van der Waals surface area (Å²) >= 11 is 0. The third-order valence-electron chi connectivity index (χ3n) is 2.66. The van der Waals surface area contributed by atoms with Gasteiger partial charge >= 0.3 is 0 Å². The highest BCUT2D eigenvalue weighted by Crippen LogP contribution is 2.01. The van der Waals surface area contributed by atoms with Crippen molar-refractivity contribution >= 4 is 5.91 Å². The van der Waals surface area contributed by atoms with Gasteiger partial charge in [0.15, 0.2) is 0 Å². The summed E-state index contributed by atoms with van der Waals surface area (Å²) in [4.78, 5) is 11.5. The Morgan fingerprint density at radius 2 is 2.18 bits per heavy atom. The lowest BCUT2D eigenvalue weighted by molar-refractivity contribution is -0.121. The van der Waals surface area contributed by atoms with Crippen molar-refractivity contribution in [2.75, 3.05) is 6.54 Å². The van der Waals surface area contributed by atoms with E-state index in [4.69, 9.17) is 4.52 Å². The highest BCUT2D eigenvalue weighted by atomic mass is 16.5. The van der Waals surface area contributed by atoms with Crippen molar-refractivity contribution in [1.82, 2.24) is 15.8 Å². The maximum Gasteiger partial charge on any atom is 0.234 e. The maximum atomic E-state index is 11.5. The predicted octanol–water partition coefficient (Wildman–Crippen LogP) is 1.23. The Labute approximate surface area is 102 Å². The molecule has 0 aliphatic rings. The van der Waals surface area contributed by atoms with Crippen LogP contribution in [0, 0.1) is 12.8 Å². The SMILES string of the molecule is Cc1cc(CNCC(=O)NC(C)C(C)C)no1. The molecule has 5 heteroatoms. The van der Waals surface area contributed by atoms with Gasteiger partial charge in [-0.05, 0) is 19.8 Å². The number of hydrogen-bond donors (Lipinski definition) is 2. The first kappa shape index (κ1) is 13.7. The van der Waals surface area contributed by atoms with Crippen LogP contribution in [0.25, 0.3) is 0 Å². The van der Waals surface area contributed by atoms with Crippen LogP contribution < -0.4 is 10.6 Å². The lowest BCUT2D eigenvalue weighted by Gasteiger charge is -2.17. The molecule has 1 atom stereocenters. The fourth-order valence-corrected chi connectivity index (χ4v) is 1.28. The smallest absolute Gasteiger partial charge is 0.234 e. The molecule has 96 valence electrons. The van der Waals surface area contributed by atoms with Crippen molar-refractivity contribution in [2.45, 2.75) is 40.3 Å². The van der Waals surface area contributed by atoms with Crippen molar-refractivity contribution in [3.63, 3.8) is 0 Å². The zero-order valence-corrected chi connectivity index (χ0v) is 10.9. The van der Waals surface area contributed by atoms with E-state index in [0.717, 1.165) is 11.5 Å². The van der Waals surface area contributed by atoms with Crippen LogP contribution in [0.2, 0.25) is 0 Å². The molecule has 1 unspecified atom stereocenters. The average Bonchev–Trinajstić information content (AvgIpc) is 2.64. The minimum absolute atomic E-state index is 0.00594. The predicted molar refractivity (Wildman–Crippen MR) is 65.4 cm³/mol. The number of aromatic nitrogens is 1. The quantitative estimate of drug-likeness (QED) is 0.783. The number of nitrogens with zero attached hydrogens (tertiary/aromatic N) is 1. The molecule has 1 amide bonds. The van der Waals surface area contributed by atoms with E-state index in [9.17, 15) is 4.79 Å². The van der Waals surface area contributed by atoms with Gasteiger partial charge in [0, 0.05) is 18.7 Å². The summed E-state index contributed by atoms with van der Waals surface area (Å²) in [5.41, 5.74) is 0.812. The largest absolute Gasteiger partial charge is 0.361 e. The molecule has 0 spiro atoms. The molecule has 0 saturated carbocycles. The number of amides is 1. The summed E-state index contributed by atoms with van der Waals surface area (Å²) < 4.78 is 4.93. The van der Waals surface area contributed by atoms with E-state index in [1.54, 1.807) is 0 Å². The van der Waals surface area contributed by atoms with Gasteiger partial charge in [0.2, 0.25) is 5.91 Å². The highest BCUT2D eigenvalue weighted by molar-refractivity contribution is 5.78. The Hall–Kier alpha value is -1.36. The van der Waals surface area contributed by atoms with Gasteiger partial charge in [0.25, 0.3) is 0 Å². The number of rotatable bonds is 6. The third kappa shape index (κ3) is 4.99. The highest BCUT2D eigenvalue weighted by Gasteiger charge is 2.10. The summed E-state index contributed by atoms with van der Waals surface area (Å²) in [6, 6.07) is 2.04. The number of aryl methyl sites for hydroxylation is 1. The molecule has 0 aliphatic heterocycles. The molecular formula is C12H21N3O2. The molecule has 1 aromatic heterocycles. The lowest BCUT2D eigenvalue weighted by Crippen LogP contribution is -2.41. The van der Waals surface area contributed by atoms with Crippen LogP contribution in [0.1, 0.15) is 32.2 Å². The van der Waals surface area contributed by atoms with E-state index in [0.29, 0.717) is 19.0 Å². The number of nitrogens with one attached hydrogen (secondary N) is 2. The molecular weight excluding hydrogens is 218 g/mol. The Kier molecular flexibility index (Phi) is 5.15. The van der Waals surface area contributed by atoms with Gasteiger partial charge in [-0.25, -0.2) is 0 Å². The van der Waals surface area contributed by atoms with Crippen LogP contribution in [-0.4, -0.2) is 23.7 Å². The van der Waals surface area contributed by atoms with E-state index in [1.807, 2.05) is 19.9 Å². The zero-order chi connectivity index (χ0) is 12.8. The maximum absolute atomic E-state index is 11.5. The summed E-state index contributed by atoms with van der Waals surface area (Å²) in [5, 5.41) is 9.78. The van der Waals surface area contributed by atoms with Crippen molar-refractivity contribution in [3.8, 4) is 0 Å². The second kappa shape index (κ2) is 6.39. The Balaban J connectivity index is 2.20. The van der Waals surface area contributed by atoms with Gasteiger partial charge < -0.3 is 15.2 Å². The Morgan fingerprint density at radius 3 is 2.71 bits per heavy atom. The molecule has 0 aromatic carbocycles. The van der Waals surface area contributed by atoms with Gasteiger partial charge in [-0.3, -0.25) is 4.79 Å². The van der Waals surface area contributed by atoms with E-state index < -0.39 is 0 Å². The van der Waals surface area contributed by atoms with Crippen molar-refractivity contribution < 1.29 is 9.32 Å². The van der Waals surface area contributed by atoms with Crippen molar-refractivity contribution in [1.29, 1.82) is 0 Å². The van der Waals surface area contributed by atoms with Crippen molar-refractivity contribution in [2.24, 2.45) is 5.92 Å². The summed E-state index contributed by atoms with van der Waals surface area (Å²) in [6.07, 6.45) is 0. The first-order valence-electron chi connectivity index (χ1n) is 5.91. The molecule has 0 aliphatic carbocycles. The molecule has 17 heavy (non-hydrogen) atoms. The van der Waals surface area contributed by atoms with Crippen LogP contribution in [0.15, 0.2) is 10.6 Å². The summed E-state index contributed by atoms with van der Waals surface area (Å²) in [5.74, 6) is 1.23. The molecule has 1 rings (SSSR count). The second-order valence-electron chi connectivity index (χ2n) is 4.63. The molecule has 0 fully saturated rings. The lowest BCUT2D eigenvalue weighted by atomic mass is 10.1. The minimum atomic E-state index is 0.00594. The minimum Gasteiger partial charge on any atom is -0.361 e. The van der Waals surface area contributed by atoms with Gasteiger partial charge in [-0.2, -0.15) is 0 Å². The molecule has 0 bridgehead atoms. The molecule has 2 N–H and O–H groups in total. The molecule has 1 heterocycles. The molecule has 5 nitrogen and oxygen atoms in total. The monoisotopic (exact) mass is 239 g/mol. The van der Waals surface area contributed by atoms with Crippen LogP contribution >= 0.6 is 0 Å². The van der Waals surface area contributed by atoms with Crippen LogP contribution in [0.3, 0.4) is 0 Å². The van der Waals surface area contributed by atoms with E-state index in [1.165, 1.54) is 0 Å². The Morgan fingerprint density at radius 1 is 1.47 bits per heavy atom. The molecule has 1 aromatic rings. The van der Waals surface area contributed by atoms with Crippen molar-refractivity contribution in [3.05, 3.63) is 17.5 Å². The third-order valence-corrected chi connectivity index (χ3v) is 2.66. The van der Waals surface area contributed by atoms with E-state index in [2.05, 4.69) is 29.6 Å². The van der Waals surface area contributed by atoms with Crippen LogP contribution in [0.5, 0.6) is 0 Å². The van der Waals surface area contributed by atoms with Gasteiger partial charge in [0.05, 0.1) is 12.2 Å². The fourth-order valence-electron chi connectivity index (χ4n) is 1.28. The number of hydrogen-bond acceptors (Lipinski definition) is 4. The normalized spacial score (nSPS) is 12.8. The molecule has 0 saturated heterocycles. The first-order chi connectivity index (χ1) is 7.99. The summed E-state index contributed by atoms with van der Waals surface area (Å²) in [7, 11) is 0. The van der Waals surface area contributed by atoms with E-state index in [-0.39, 0.29) is 11.9 Å². The first-order valence-corrected chi connectivity index (χ1v) is 5.91. The zero-order valence-electron chi connectivity index (χ0n) is 10.9. The van der Waals surface area contributed by atoms with E-state index >= 15 is 0 Å². The average molecular weight is 239 g/mol. The summed E-state index contributed by atoms with van der Waals surface area (Å²) in [6.45, 7) is 8.84. The van der Waals surface area contributed by atoms with Crippen LogP contribution in [0.4, 0.5) is 0 Å². The van der Waals surface area contributed by atoms with Gasteiger partial charge in [-0.15, -0.1) is 0 Å².